The van der Waals surface area contributed by atoms with Crippen molar-refractivity contribution in [2.45, 2.75) is 19.4 Å². The van der Waals surface area contributed by atoms with Crippen LogP contribution in [0.1, 0.15) is 29.7 Å². The molecule has 0 amide bonds. The molecular weight excluding hydrogens is 266 g/mol. The average Bonchev–Trinajstić information content (AvgIpc) is 2.55. The Hall–Kier alpha value is -2.11. The van der Waals surface area contributed by atoms with Gasteiger partial charge in [0.25, 0.3) is 0 Å². The largest absolute Gasteiger partial charge is 0.493 e. The number of methoxy groups -OCH3 is 2. The number of hydrogen-bond donors (Lipinski definition) is 2. The Balaban J connectivity index is 2.46. The van der Waals surface area contributed by atoms with E-state index in [1.165, 1.54) is 0 Å². The van der Waals surface area contributed by atoms with Gasteiger partial charge in [0, 0.05) is 12.4 Å². The number of rotatable bonds is 6. The molecule has 0 bridgehead atoms. The Morgan fingerprint density at radius 2 is 1.95 bits per heavy atom. The third kappa shape index (κ3) is 3.15. The van der Waals surface area contributed by atoms with E-state index < -0.39 is 0 Å². The summed E-state index contributed by atoms with van der Waals surface area (Å²) in [4.78, 5) is 4.17. The predicted molar refractivity (Wildman–Crippen MR) is 82.3 cm³/mol. The van der Waals surface area contributed by atoms with Gasteiger partial charge < -0.3 is 9.47 Å². The second kappa shape index (κ2) is 7.06. The van der Waals surface area contributed by atoms with Crippen LogP contribution < -0.4 is 20.7 Å². The Kier molecular flexibility index (Phi) is 5.14. The molecule has 1 heterocycles. The highest BCUT2D eigenvalue weighted by molar-refractivity contribution is 5.46. The number of aryl methyl sites for hydroxylation is 1. The first kappa shape index (κ1) is 15.3. The molecule has 2 aromatic rings. The minimum absolute atomic E-state index is 0.122. The first-order valence-electron chi connectivity index (χ1n) is 6.86. The number of nitrogens with zero attached hydrogens (tertiary/aromatic N) is 1. The molecule has 0 saturated heterocycles. The van der Waals surface area contributed by atoms with Crippen LogP contribution in [0.15, 0.2) is 36.7 Å². The van der Waals surface area contributed by atoms with E-state index in [0.717, 1.165) is 23.1 Å². The Morgan fingerprint density at radius 1 is 1.19 bits per heavy atom. The minimum Gasteiger partial charge on any atom is -0.493 e. The summed E-state index contributed by atoms with van der Waals surface area (Å²) in [5, 5.41) is 0. The van der Waals surface area contributed by atoms with Gasteiger partial charge in [0.1, 0.15) is 0 Å². The molecule has 1 unspecified atom stereocenters. The molecule has 0 aliphatic carbocycles. The highest BCUT2D eigenvalue weighted by atomic mass is 16.5. The van der Waals surface area contributed by atoms with Crippen LogP contribution in [0, 0.1) is 0 Å². The molecule has 0 aliphatic heterocycles. The number of ether oxygens (including phenoxy) is 2. The summed E-state index contributed by atoms with van der Waals surface area (Å²) < 4.78 is 10.6. The molecule has 0 fully saturated rings. The van der Waals surface area contributed by atoms with Crippen LogP contribution in [0.2, 0.25) is 0 Å². The van der Waals surface area contributed by atoms with Crippen LogP contribution >= 0.6 is 0 Å². The molecule has 0 radical (unpaired) electrons. The summed E-state index contributed by atoms with van der Waals surface area (Å²) in [7, 11) is 3.24. The Bertz CT molecular complexity index is 602. The summed E-state index contributed by atoms with van der Waals surface area (Å²) in [5.74, 6) is 7.16. The zero-order chi connectivity index (χ0) is 15.2. The molecule has 3 N–H and O–H groups in total. The molecule has 0 saturated carbocycles. The van der Waals surface area contributed by atoms with Crippen molar-refractivity contribution in [3.05, 3.63) is 53.3 Å². The van der Waals surface area contributed by atoms with E-state index in [4.69, 9.17) is 15.3 Å². The van der Waals surface area contributed by atoms with Crippen LogP contribution in [-0.4, -0.2) is 19.2 Å². The van der Waals surface area contributed by atoms with E-state index in [9.17, 15) is 0 Å². The topological polar surface area (TPSA) is 69.4 Å². The average molecular weight is 287 g/mol. The number of benzene rings is 1. The quantitative estimate of drug-likeness (QED) is 0.630. The van der Waals surface area contributed by atoms with Gasteiger partial charge in [-0.3, -0.25) is 10.8 Å². The maximum atomic E-state index is 5.78. The van der Waals surface area contributed by atoms with Crippen molar-refractivity contribution in [2.24, 2.45) is 5.84 Å². The highest BCUT2D eigenvalue weighted by Gasteiger charge is 2.17. The smallest absolute Gasteiger partial charge is 0.161 e. The van der Waals surface area contributed by atoms with Crippen molar-refractivity contribution < 1.29 is 9.47 Å². The van der Waals surface area contributed by atoms with Crippen molar-refractivity contribution >= 4 is 0 Å². The fraction of sp³-hybridized carbons (Fsp3) is 0.312. The molecule has 1 atom stereocenters. The molecule has 112 valence electrons. The molecular formula is C16H21N3O2. The zero-order valence-corrected chi connectivity index (χ0v) is 12.6. The molecule has 2 rings (SSSR count). The van der Waals surface area contributed by atoms with Crippen LogP contribution in [0.4, 0.5) is 0 Å². The van der Waals surface area contributed by atoms with Crippen LogP contribution in [0.5, 0.6) is 11.5 Å². The number of hydrogen-bond acceptors (Lipinski definition) is 5. The van der Waals surface area contributed by atoms with Crippen molar-refractivity contribution in [3.63, 3.8) is 0 Å². The van der Waals surface area contributed by atoms with Gasteiger partial charge in [0.2, 0.25) is 0 Å². The number of pyridine rings is 1. The second-order valence-electron chi connectivity index (χ2n) is 4.64. The number of nitrogens with two attached hydrogens (primary N) is 1. The van der Waals surface area contributed by atoms with Crippen LogP contribution in [0.25, 0.3) is 0 Å². The standard InChI is InChI=1S/C16H21N3O2/c1-4-11-10-18-8-7-13(11)16(19-17)12-5-6-14(20-2)15(9-12)21-3/h5-10,16,19H,4,17H2,1-3H3. The second-order valence-corrected chi connectivity index (χ2v) is 4.64. The normalized spacial score (nSPS) is 12.0. The Labute approximate surface area is 125 Å². The lowest BCUT2D eigenvalue weighted by atomic mass is 9.95. The maximum absolute atomic E-state index is 5.78. The van der Waals surface area contributed by atoms with E-state index in [1.54, 1.807) is 20.4 Å². The van der Waals surface area contributed by atoms with Gasteiger partial charge in [-0.2, -0.15) is 0 Å². The van der Waals surface area contributed by atoms with Gasteiger partial charge in [0.15, 0.2) is 11.5 Å². The third-order valence-corrected chi connectivity index (χ3v) is 3.54. The lowest BCUT2D eigenvalue weighted by molar-refractivity contribution is 0.354. The van der Waals surface area contributed by atoms with Crippen LogP contribution in [-0.2, 0) is 6.42 Å². The van der Waals surface area contributed by atoms with Gasteiger partial charge >= 0.3 is 0 Å². The number of aromatic nitrogens is 1. The van der Waals surface area contributed by atoms with E-state index in [2.05, 4.69) is 17.3 Å². The summed E-state index contributed by atoms with van der Waals surface area (Å²) in [6, 6.07) is 7.66. The first-order valence-corrected chi connectivity index (χ1v) is 6.86. The highest BCUT2D eigenvalue weighted by Crippen LogP contribution is 2.32. The van der Waals surface area contributed by atoms with Gasteiger partial charge in [-0.1, -0.05) is 13.0 Å². The van der Waals surface area contributed by atoms with Gasteiger partial charge in [-0.25, -0.2) is 5.43 Å². The van der Waals surface area contributed by atoms with Crippen molar-refractivity contribution in [2.75, 3.05) is 14.2 Å². The van der Waals surface area contributed by atoms with Crippen LogP contribution in [0.3, 0.4) is 0 Å². The monoisotopic (exact) mass is 287 g/mol. The molecule has 1 aromatic heterocycles. The fourth-order valence-electron chi connectivity index (χ4n) is 2.41. The lowest BCUT2D eigenvalue weighted by Gasteiger charge is -2.20. The van der Waals surface area contributed by atoms with Gasteiger partial charge in [-0.15, -0.1) is 0 Å². The first-order chi connectivity index (χ1) is 10.2. The molecule has 1 aromatic carbocycles. The van der Waals surface area contributed by atoms with E-state index in [1.807, 2.05) is 30.5 Å². The minimum atomic E-state index is -0.122. The number of nitrogens with one attached hydrogen (secondary N) is 1. The van der Waals surface area contributed by atoms with Gasteiger partial charge in [0.05, 0.1) is 20.3 Å². The Morgan fingerprint density at radius 3 is 2.57 bits per heavy atom. The third-order valence-electron chi connectivity index (χ3n) is 3.54. The SMILES string of the molecule is CCc1cnccc1C(NN)c1ccc(OC)c(OC)c1. The van der Waals surface area contributed by atoms with Crippen molar-refractivity contribution in [3.8, 4) is 11.5 Å². The summed E-state index contributed by atoms with van der Waals surface area (Å²) in [5.41, 5.74) is 6.16. The van der Waals surface area contributed by atoms with E-state index in [-0.39, 0.29) is 6.04 Å². The van der Waals surface area contributed by atoms with Gasteiger partial charge in [-0.05, 0) is 41.3 Å². The van der Waals surface area contributed by atoms with Crippen molar-refractivity contribution in [1.82, 2.24) is 10.4 Å². The molecule has 5 heteroatoms. The fourth-order valence-corrected chi connectivity index (χ4v) is 2.41. The molecule has 0 aliphatic rings. The zero-order valence-electron chi connectivity index (χ0n) is 12.6. The van der Waals surface area contributed by atoms with E-state index >= 15 is 0 Å². The summed E-state index contributed by atoms with van der Waals surface area (Å²) in [6.45, 7) is 2.10. The lowest BCUT2D eigenvalue weighted by Crippen LogP contribution is -2.29. The predicted octanol–water partition coefficient (Wildman–Crippen LogP) is 2.21. The van der Waals surface area contributed by atoms with E-state index in [0.29, 0.717) is 11.5 Å². The maximum Gasteiger partial charge on any atom is 0.161 e. The molecule has 5 nitrogen and oxygen atoms in total. The van der Waals surface area contributed by atoms with Crippen molar-refractivity contribution in [1.29, 1.82) is 0 Å². The molecule has 21 heavy (non-hydrogen) atoms. The summed E-state index contributed by atoms with van der Waals surface area (Å²) >= 11 is 0. The molecule has 0 spiro atoms. The number of hydrazine groups is 1. The summed E-state index contributed by atoms with van der Waals surface area (Å²) in [6.07, 6.45) is 4.55.